The van der Waals surface area contributed by atoms with Gasteiger partial charge in [0.05, 0.1) is 16.3 Å². The van der Waals surface area contributed by atoms with Gasteiger partial charge in [-0.25, -0.2) is 9.97 Å². The second-order valence-electron chi connectivity index (χ2n) is 7.24. The highest BCUT2D eigenvalue weighted by Crippen LogP contribution is 2.35. The highest BCUT2D eigenvalue weighted by Gasteiger charge is 2.31. The van der Waals surface area contributed by atoms with Crippen molar-refractivity contribution in [3.05, 3.63) is 76.2 Å². The third kappa shape index (κ3) is 4.94. The molecular weight excluding hydrogens is 459 g/mol. The predicted octanol–water partition coefficient (Wildman–Crippen LogP) is 6.64. The van der Waals surface area contributed by atoms with Crippen molar-refractivity contribution in [1.29, 1.82) is 0 Å². The number of hydrogen-bond donors (Lipinski definition) is 0. The molecular formula is C22H17ClF3N5S. The molecule has 0 aliphatic rings. The van der Waals surface area contributed by atoms with Crippen molar-refractivity contribution in [2.75, 3.05) is 0 Å². The molecule has 5 nitrogen and oxygen atoms in total. The summed E-state index contributed by atoms with van der Waals surface area (Å²) in [5.41, 5.74) is 2.14. The molecule has 0 N–H and O–H groups in total. The summed E-state index contributed by atoms with van der Waals surface area (Å²) in [4.78, 5) is 12.3. The summed E-state index contributed by atoms with van der Waals surface area (Å²) in [5.74, 6) is 0.819. The molecule has 164 valence electrons. The molecule has 0 unspecified atom stereocenters. The summed E-state index contributed by atoms with van der Waals surface area (Å²) < 4.78 is 40.0. The topological polar surface area (TPSA) is 56.0 Å². The van der Waals surface area contributed by atoms with E-state index >= 15 is 0 Å². The Balaban J connectivity index is 1.58. The first-order chi connectivity index (χ1) is 15.2. The third-order valence-corrected chi connectivity index (χ3v) is 5.90. The van der Waals surface area contributed by atoms with E-state index in [4.69, 9.17) is 11.6 Å². The zero-order valence-electron chi connectivity index (χ0n) is 17.0. The summed E-state index contributed by atoms with van der Waals surface area (Å²) in [6.07, 6.45) is 1.69. The van der Waals surface area contributed by atoms with Crippen LogP contribution in [0.5, 0.6) is 0 Å². The van der Waals surface area contributed by atoms with E-state index in [0.29, 0.717) is 11.7 Å². The number of benzene rings is 1. The summed E-state index contributed by atoms with van der Waals surface area (Å²) in [7, 11) is 0. The van der Waals surface area contributed by atoms with Gasteiger partial charge in [-0.1, -0.05) is 55.8 Å². The number of nitrogens with zero attached hydrogens (tertiary/aromatic N) is 5. The molecule has 0 fully saturated rings. The minimum atomic E-state index is -4.51. The molecule has 4 rings (SSSR count). The second kappa shape index (κ2) is 8.91. The molecule has 32 heavy (non-hydrogen) atoms. The fraction of sp³-hybridized carbons (Fsp3) is 0.182. The average Bonchev–Trinajstić information content (AvgIpc) is 3.16. The highest BCUT2D eigenvalue weighted by atomic mass is 35.5. The van der Waals surface area contributed by atoms with Crippen LogP contribution >= 0.6 is 23.4 Å². The van der Waals surface area contributed by atoms with Gasteiger partial charge in [-0.3, -0.25) is 0 Å². The minimum Gasteiger partial charge on any atom is -0.247 e. The molecule has 3 heterocycles. The SMILES string of the molecule is CC(C)c1ccc(/C=C/c2ccnc3nc(Sc4ncc(C(F)(F)F)cc4Cl)nn23)cc1. The molecule has 0 radical (unpaired) electrons. The summed E-state index contributed by atoms with van der Waals surface area (Å²) in [5, 5.41) is 4.73. The lowest BCUT2D eigenvalue weighted by Crippen LogP contribution is -2.05. The monoisotopic (exact) mass is 475 g/mol. The average molecular weight is 476 g/mol. The molecule has 3 aromatic heterocycles. The number of rotatable bonds is 5. The Kier molecular flexibility index (Phi) is 6.21. The molecule has 1 aromatic carbocycles. The Morgan fingerprint density at radius 1 is 1.06 bits per heavy atom. The van der Waals surface area contributed by atoms with Crippen molar-refractivity contribution < 1.29 is 13.2 Å². The van der Waals surface area contributed by atoms with Gasteiger partial charge in [0.25, 0.3) is 5.78 Å². The molecule has 4 aromatic rings. The van der Waals surface area contributed by atoms with Gasteiger partial charge < -0.3 is 0 Å². The predicted molar refractivity (Wildman–Crippen MR) is 119 cm³/mol. The van der Waals surface area contributed by atoms with Crippen LogP contribution in [0.1, 0.15) is 42.1 Å². The minimum absolute atomic E-state index is 0.124. The number of fused-ring (bicyclic) bond motifs is 1. The van der Waals surface area contributed by atoms with Crippen LogP contribution in [0, 0.1) is 0 Å². The standard InChI is InChI=1S/C22H17ClF3N5S/c1-13(2)15-6-3-14(4-7-15)5-8-17-9-10-27-20-29-21(30-31(17)20)32-19-18(23)11-16(12-28-19)22(24,25)26/h3-13H,1-2H3/b8-5+. The van der Waals surface area contributed by atoms with Gasteiger partial charge in [-0.15, -0.1) is 5.10 Å². The van der Waals surface area contributed by atoms with Crippen LogP contribution in [0.2, 0.25) is 5.02 Å². The first kappa shape index (κ1) is 22.3. The Bertz CT molecular complexity index is 1280. The van der Waals surface area contributed by atoms with Gasteiger partial charge in [0, 0.05) is 12.4 Å². The molecule has 0 amide bonds. The van der Waals surface area contributed by atoms with Crippen LogP contribution in [-0.4, -0.2) is 24.6 Å². The van der Waals surface area contributed by atoms with Crippen molar-refractivity contribution in [2.24, 2.45) is 0 Å². The molecule has 0 saturated heterocycles. The number of aromatic nitrogens is 5. The van der Waals surface area contributed by atoms with E-state index < -0.39 is 11.7 Å². The number of alkyl halides is 3. The van der Waals surface area contributed by atoms with E-state index in [1.807, 2.05) is 24.3 Å². The van der Waals surface area contributed by atoms with Crippen molar-refractivity contribution in [1.82, 2.24) is 24.6 Å². The lowest BCUT2D eigenvalue weighted by atomic mass is 10.0. The quantitative estimate of drug-likeness (QED) is 0.324. The van der Waals surface area contributed by atoms with Crippen molar-refractivity contribution in [3.63, 3.8) is 0 Å². The second-order valence-corrected chi connectivity index (χ2v) is 8.60. The van der Waals surface area contributed by atoms with E-state index in [1.54, 1.807) is 16.8 Å². The van der Waals surface area contributed by atoms with Crippen LogP contribution in [0.15, 0.2) is 59.0 Å². The maximum Gasteiger partial charge on any atom is 0.417 e. The Morgan fingerprint density at radius 2 is 1.81 bits per heavy atom. The lowest BCUT2D eigenvalue weighted by Gasteiger charge is -2.07. The molecule has 0 spiro atoms. The first-order valence-electron chi connectivity index (χ1n) is 9.61. The first-order valence-corrected chi connectivity index (χ1v) is 10.8. The van der Waals surface area contributed by atoms with Crippen LogP contribution in [0.3, 0.4) is 0 Å². The van der Waals surface area contributed by atoms with Crippen LogP contribution < -0.4 is 0 Å². The molecule has 0 saturated carbocycles. The Morgan fingerprint density at radius 3 is 2.47 bits per heavy atom. The van der Waals surface area contributed by atoms with Crippen molar-refractivity contribution in [2.45, 2.75) is 36.1 Å². The summed E-state index contributed by atoms with van der Waals surface area (Å²) >= 11 is 6.96. The van der Waals surface area contributed by atoms with Crippen LogP contribution in [0.4, 0.5) is 13.2 Å². The number of halogens is 4. The van der Waals surface area contributed by atoms with Crippen LogP contribution in [-0.2, 0) is 6.18 Å². The molecule has 0 atom stereocenters. The van der Waals surface area contributed by atoms with E-state index in [2.05, 4.69) is 46.0 Å². The van der Waals surface area contributed by atoms with E-state index in [-0.39, 0.29) is 15.2 Å². The molecule has 10 heteroatoms. The van der Waals surface area contributed by atoms with E-state index in [1.165, 1.54) is 5.56 Å². The normalized spacial score (nSPS) is 12.3. The largest absolute Gasteiger partial charge is 0.417 e. The smallest absolute Gasteiger partial charge is 0.247 e. The number of pyridine rings is 1. The van der Waals surface area contributed by atoms with Gasteiger partial charge >= 0.3 is 6.18 Å². The van der Waals surface area contributed by atoms with Crippen molar-refractivity contribution >= 4 is 41.3 Å². The highest BCUT2D eigenvalue weighted by molar-refractivity contribution is 7.99. The fourth-order valence-corrected chi connectivity index (χ4v) is 3.84. The van der Waals surface area contributed by atoms with Gasteiger partial charge in [-0.05, 0) is 47.0 Å². The van der Waals surface area contributed by atoms with E-state index in [9.17, 15) is 13.2 Å². The van der Waals surface area contributed by atoms with E-state index in [0.717, 1.165) is 35.3 Å². The Hall–Kier alpha value is -2.91. The lowest BCUT2D eigenvalue weighted by molar-refractivity contribution is -0.137. The zero-order valence-corrected chi connectivity index (χ0v) is 18.6. The van der Waals surface area contributed by atoms with Crippen molar-refractivity contribution in [3.8, 4) is 0 Å². The summed E-state index contributed by atoms with van der Waals surface area (Å²) in [6.45, 7) is 4.29. The molecule has 0 bridgehead atoms. The van der Waals surface area contributed by atoms with Gasteiger partial charge in [0.2, 0.25) is 5.16 Å². The maximum absolute atomic E-state index is 12.8. The van der Waals surface area contributed by atoms with Gasteiger partial charge in [-0.2, -0.15) is 22.7 Å². The van der Waals surface area contributed by atoms with Gasteiger partial charge in [0.1, 0.15) is 5.03 Å². The molecule has 0 aliphatic carbocycles. The number of hydrogen-bond acceptors (Lipinski definition) is 5. The van der Waals surface area contributed by atoms with Gasteiger partial charge in [0.15, 0.2) is 0 Å². The summed E-state index contributed by atoms with van der Waals surface area (Å²) in [6, 6.07) is 10.9. The Labute approximate surface area is 191 Å². The maximum atomic E-state index is 12.8. The molecule has 0 aliphatic heterocycles. The zero-order chi connectivity index (χ0) is 22.9. The fourth-order valence-electron chi connectivity index (χ4n) is 2.88. The third-order valence-electron chi connectivity index (χ3n) is 4.62. The van der Waals surface area contributed by atoms with Crippen LogP contribution in [0.25, 0.3) is 17.9 Å².